The zero-order valence-corrected chi connectivity index (χ0v) is 12.3. The lowest BCUT2D eigenvalue weighted by Gasteiger charge is -2.16. The summed E-state index contributed by atoms with van der Waals surface area (Å²) in [5, 5.41) is -0.848. The molecule has 118 valence electrons. The smallest absolute Gasteiger partial charge is 0.266 e. The number of nitrogens with one attached hydrogen (secondary N) is 1. The van der Waals surface area contributed by atoms with Crippen LogP contribution in [-0.4, -0.2) is 24.6 Å². The van der Waals surface area contributed by atoms with Crippen molar-refractivity contribution in [3.63, 3.8) is 0 Å². The zero-order chi connectivity index (χ0) is 16.3. The fourth-order valence-electron chi connectivity index (χ4n) is 1.80. The molecule has 0 aromatic carbocycles. The van der Waals surface area contributed by atoms with Crippen LogP contribution in [0.15, 0.2) is 18.3 Å². The van der Waals surface area contributed by atoms with Gasteiger partial charge < -0.3 is 0 Å². The lowest BCUT2D eigenvalue weighted by atomic mass is 10.2. The number of aromatic nitrogens is 1. The third kappa shape index (κ3) is 4.16. The number of pyridine rings is 1. The maximum atomic E-state index is 12.8. The molecule has 0 spiro atoms. The lowest BCUT2D eigenvalue weighted by molar-refractivity contribution is -0.138. The second-order valence-electron chi connectivity index (χ2n) is 4.31. The van der Waals surface area contributed by atoms with Gasteiger partial charge in [0.05, 0.1) is 10.8 Å². The Morgan fingerprint density at radius 1 is 1.33 bits per heavy atom. The van der Waals surface area contributed by atoms with Crippen LogP contribution in [0.3, 0.4) is 0 Å². The van der Waals surface area contributed by atoms with Gasteiger partial charge in [-0.25, -0.2) is 13.1 Å². The highest BCUT2D eigenvalue weighted by Crippen LogP contribution is 2.31. The molecule has 0 aliphatic heterocycles. The maximum Gasteiger partial charge on any atom is 0.418 e. The summed E-state index contributed by atoms with van der Waals surface area (Å²) in [5.41, 5.74) is -2.23. The molecule has 1 aromatic heterocycles. The van der Waals surface area contributed by atoms with Gasteiger partial charge in [-0.05, 0) is 25.0 Å². The molecule has 0 aliphatic rings. The van der Waals surface area contributed by atoms with Crippen LogP contribution in [0.4, 0.5) is 13.2 Å². The van der Waals surface area contributed by atoms with Crippen LogP contribution in [0.2, 0.25) is 0 Å². The molecule has 1 aromatic rings. The van der Waals surface area contributed by atoms with E-state index in [1.807, 2.05) is 0 Å². The Balaban J connectivity index is 3.12. The van der Waals surface area contributed by atoms with Gasteiger partial charge in [-0.2, -0.15) is 13.2 Å². The topological polar surface area (TPSA) is 76.1 Å². The summed E-state index contributed by atoms with van der Waals surface area (Å²) in [7, 11) is -4.04. The van der Waals surface area contributed by atoms with Crippen LogP contribution < -0.4 is 4.72 Å². The first-order valence-electron chi connectivity index (χ1n) is 6.21. The van der Waals surface area contributed by atoms with Gasteiger partial charge in [-0.3, -0.25) is 9.78 Å². The first-order chi connectivity index (χ1) is 9.63. The third-order valence-corrected chi connectivity index (χ3v) is 4.93. The number of hydrogen-bond donors (Lipinski definition) is 1. The van der Waals surface area contributed by atoms with Crippen LogP contribution in [0.1, 0.15) is 42.7 Å². The van der Waals surface area contributed by atoms with Crippen molar-refractivity contribution < 1.29 is 26.4 Å². The van der Waals surface area contributed by atoms with E-state index in [1.165, 1.54) is 0 Å². The molecular weight excluding hydrogens is 309 g/mol. The van der Waals surface area contributed by atoms with Crippen molar-refractivity contribution >= 4 is 15.9 Å². The van der Waals surface area contributed by atoms with E-state index in [4.69, 9.17) is 0 Å². The average Bonchev–Trinajstić information content (AvgIpc) is 2.38. The fraction of sp³-hybridized carbons (Fsp3) is 0.500. The van der Waals surface area contributed by atoms with Crippen molar-refractivity contribution in [1.82, 2.24) is 9.71 Å². The lowest BCUT2D eigenvalue weighted by Crippen LogP contribution is -2.39. The molecule has 1 heterocycles. The van der Waals surface area contributed by atoms with Crippen molar-refractivity contribution in [3.05, 3.63) is 29.6 Å². The third-order valence-electron chi connectivity index (χ3n) is 2.91. The Kier molecular flexibility index (Phi) is 5.32. The highest BCUT2D eigenvalue weighted by molar-refractivity contribution is 7.90. The Hall–Kier alpha value is -1.64. The van der Waals surface area contributed by atoms with E-state index in [0.29, 0.717) is 6.07 Å². The number of halogens is 3. The van der Waals surface area contributed by atoms with E-state index in [9.17, 15) is 26.4 Å². The summed E-state index contributed by atoms with van der Waals surface area (Å²) < 4.78 is 63.7. The summed E-state index contributed by atoms with van der Waals surface area (Å²) in [6.45, 7) is 3.22. The molecule has 5 nitrogen and oxygen atoms in total. The quantitative estimate of drug-likeness (QED) is 0.902. The Morgan fingerprint density at radius 2 is 1.90 bits per heavy atom. The molecule has 21 heavy (non-hydrogen) atoms. The van der Waals surface area contributed by atoms with E-state index in [0.717, 1.165) is 12.3 Å². The molecule has 0 fully saturated rings. The van der Waals surface area contributed by atoms with Gasteiger partial charge in [0.25, 0.3) is 5.91 Å². The molecule has 0 saturated carbocycles. The molecule has 1 amide bonds. The van der Waals surface area contributed by atoms with Crippen LogP contribution in [0, 0.1) is 0 Å². The van der Waals surface area contributed by atoms with Crippen molar-refractivity contribution in [3.8, 4) is 0 Å². The van der Waals surface area contributed by atoms with Crippen LogP contribution >= 0.6 is 0 Å². The summed E-state index contributed by atoms with van der Waals surface area (Å²) in [6.07, 6.45) is -3.31. The zero-order valence-electron chi connectivity index (χ0n) is 11.4. The predicted molar refractivity (Wildman–Crippen MR) is 70.0 cm³/mol. The number of hydrogen-bond acceptors (Lipinski definition) is 4. The Morgan fingerprint density at radius 3 is 2.38 bits per heavy atom. The minimum Gasteiger partial charge on any atom is -0.266 e. The van der Waals surface area contributed by atoms with Crippen molar-refractivity contribution in [2.45, 2.75) is 38.1 Å². The van der Waals surface area contributed by atoms with E-state index in [-0.39, 0.29) is 12.8 Å². The molecule has 0 atom stereocenters. The highest BCUT2D eigenvalue weighted by Gasteiger charge is 2.37. The maximum absolute atomic E-state index is 12.8. The summed E-state index contributed by atoms with van der Waals surface area (Å²) >= 11 is 0. The highest BCUT2D eigenvalue weighted by atomic mass is 32.2. The van der Waals surface area contributed by atoms with Gasteiger partial charge in [0.1, 0.15) is 5.69 Å². The van der Waals surface area contributed by atoms with Crippen LogP contribution in [-0.2, 0) is 16.2 Å². The fourth-order valence-corrected chi connectivity index (χ4v) is 3.20. The largest absolute Gasteiger partial charge is 0.418 e. The minimum atomic E-state index is -4.79. The van der Waals surface area contributed by atoms with Gasteiger partial charge >= 0.3 is 6.18 Å². The molecule has 0 aliphatic carbocycles. The van der Waals surface area contributed by atoms with Crippen molar-refractivity contribution in [1.29, 1.82) is 0 Å². The van der Waals surface area contributed by atoms with Gasteiger partial charge in [-0.1, -0.05) is 13.8 Å². The minimum absolute atomic E-state index is 0.244. The molecule has 9 heteroatoms. The molecule has 1 rings (SSSR count). The van der Waals surface area contributed by atoms with E-state index in [1.54, 1.807) is 18.6 Å². The summed E-state index contributed by atoms with van der Waals surface area (Å²) in [4.78, 5) is 15.2. The molecule has 0 saturated heterocycles. The number of carbonyl (C=O) groups is 1. The normalized spacial score (nSPS) is 12.5. The average molecular weight is 324 g/mol. The van der Waals surface area contributed by atoms with Gasteiger partial charge in [0.15, 0.2) is 0 Å². The van der Waals surface area contributed by atoms with Crippen molar-refractivity contribution in [2.75, 3.05) is 0 Å². The van der Waals surface area contributed by atoms with Crippen molar-refractivity contribution in [2.24, 2.45) is 0 Å². The standard InChI is InChI=1S/C12H15F3N2O3S/c1-3-8(4-2)21(19,20)17-11(18)10-9(12(13,14)15)6-5-7-16-10/h5-8H,3-4H2,1-2H3,(H,17,18). The SMILES string of the molecule is CCC(CC)S(=O)(=O)NC(=O)c1ncccc1C(F)(F)F. The second kappa shape index (κ2) is 6.42. The van der Waals surface area contributed by atoms with Gasteiger partial charge in [0, 0.05) is 6.20 Å². The summed E-state index contributed by atoms with van der Waals surface area (Å²) in [6, 6.07) is 1.70. The molecule has 0 radical (unpaired) electrons. The number of nitrogens with zero attached hydrogens (tertiary/aromatic N) is 1. The van der Waals surface area contributed by atoms with Crippen LogP contribution in [0.25, 0.3) is 0 Å². The molecular formula is C12H15F3N2O3S. The number of alkyl halides is 3. The summed E-state index contributed by atoms with van der Waals surface area (Å²) in [5.74, 6) is -1.38. The number of rotatable bonds is 5. The van der Waals surface area contributed by atoms with Gasteiger partial charge in [-0.15, -0.1) is 0 Å². The van der Waals surface area contributed by atoms with Gasteiger partial charge in [0.2, 0.25) is 10.0 Å². The predicted octanol–water partition coefficient (Wildman–Crippen LogP) is 2.35. The first-order valence-corrected chi connectivity index (χ1v) is 7.76. The van der Waals surface area contributed by atoms with E-state index in [2.05, 4.69) is 4.98 Å². The Bertz CT molecular complexity index is 610. The van der Waals surface area contributed by atoms with E-state index < -0.39 is 38.6 Å². The molecule has 0 bridgehead atoms. The monoisotopic (exact) mass is 324 g/mol. The molecule has 0 unspecified atom stereocenters. The first kappa shape index (κ1) is 17.4. The van der Waals surface area contributed by atoms with E-state index >= 15 is 0 Å². The van der Waals surface area contributed by atoms with Crippen LogP contribution in [0.5, 0.6) is 0 Å². The number of carbonyl (C=O) groups excluding carboxylic acids is 1. The number of sulfonamides is 1. The number of amides is 1. The Labute approximate surface area is 120 Å². The molecule has 1 N–H and O–H groups in total. The second-order valence-corrected chi connectivity index (χ2v) is 6.27.